The molecule has 0 radical (unpaired) electrons. The van der Waals surface area contributed by atoms with Gasteiger partial charge in [0, 0.05) is 31.1 Å². The Morgan fingerprint density at radius 3 is 2.88 bits per heavy atom. The summed E-state index contributed by atoms with van der Waals surface area (Å²) in [5.74, 6) is 0.0975. The highest BCUT2D eigenvalue weighted by Gasteiger charge is 2.26. The third kappa shape index (κ3) is 3.22. The Morgan fingerprint density at radius 1 is 1.38 bits per heavy atom. The molecule has 2 aromatic heterocycles. The monoisotopic (exact) mass is 410 g/mol. The van der Waals surface area contributed by atoms with Crippen LogP contribution in [-0.4, -0.2) is 46.3 Å². The Labute approximate surface area is 167 Å². The van der Waals surface area contributed by atoms with Crippen LogP contribution >= 0.6 is 35.3 Å². The van der Waals surface area contributed by atoms with E-state index in [0.29, 0.717) is 5.02 Å². The Bertz CT molecular complexity index is 952. The van der Waals surface area contributed by atoms with Crippen LogP contribution in [0, 0.1) is 6.92 Å². The number of fused-ring (bicyclic) bond motifs is 1. The number of aromatic nitrogens is 2. The van der Waals surface area contributed by atoms with Gasteiger partial charge >= 0.3 is 0 Å². The Kier molecular flexibility index (Phi) is 5.58. The van der Waals surface area contributed by atoms with Crippen LogP contribution in [0.3, 0.4) is 0 Å². The van der Waals surface area contributed by atoms with E-state index in [1.165, 1.54) is 11.3 Å². The van der Waals surface area contributed by atoms with Gasteiger partial charge in [-0.15, -0.1) is 23.7 Å². The van der Waals surface area contributed by atoms with Gasteiger partial charge in [-0.25, -0.2) is 4.68 Å². The van der Waals surface area contributed by atoms with Gasteiger partial charge in [0.05, 0.1) is 21.3 Å². The smallest absolute Gasteiger partial charge is 0.264 e. The van der Waals surface area contributed by atoms with Gasteiger partial charge in [-0.1, -0.05) is 23.7 Å². The normalized spacial score (nSPS) is 17.3. The van der Waals surface area contributed by atoms with E-state index < -0.39 is 0 Å². The molecule has 0 unspecified atom stereocenters. The van der Waals surface area contributed by atoms with Crippen molar-refractivity contribution in [2.75, 3.05) is 19.6 Å². The van der Waals surface area contributed by atoms with Gasteiger partial charge < -0.3 is 10.2 Å². The largest absolute Gasteiger partial charge is 0.333 e. The molecule has 0 aliphatic carbocycles. The number of nitrogens with zero attached hydrogens (tertiary/aromatic N) is 3. The summed E-state index contributed by atoms with van der Waals surface area (Å²) in [6.07, 6.45) is 0. The van der Waals surface area contributed by atoms with Gasteiger partial charge in [-0.3, -0.25) is 4.79 Å². The number of para-hydroxylation sites is 1. The molecule has 1 aliphatic rings. The first-order valence-corrected chi connectivity index (χ1v) is 9.51. The van der Waals surface area contributed by atoms with Crippen molar-refractivity contribution in [3.63, 3.8) is 0 Å². The maximum Gasteiger partial charge on any atom is 0.264 e. The van der Waals surface area contributed by atoms with Crippen LogP contribution in [0.25, 0.3) is 15.9 Å². The Hall–Kier alpha value is -1.60. The van der Waals surface area contributed by atoms with E-state index in [0.717, 1.165) is 46.1 Å². The highest BCUT2D eigenvalue weighted by atomic mass is 35.5. The van der Waals surface area contributed by atoms with Crippen molar-refractivity contribution in [3.8, 4) is 5.69 Å². The van der Waals surface area contributed by atoms with Gasteiger partial charge in [0.25, 0.3) is 5.91 Å². The molecule has 0 saturated carbocycles. The number of benzene rings is 1. The van der Waals surface area contributed by atoms with E-state index in [1.54, 1.807) is 0 Å². The fourth-order valence-corrected chi connectivity index (χ4v) is 4.57. The molecule has 5 nitrogen and oxygen atoms in total. The predicted octanol–water partition coefficient (Wildman–Crippen LogP) is 3.90. The third-order valence-corrected chi connectivity index (χ3v) is 6.02. The number of carbonyl (C=O) groups excluding carboxylic acids is 1. The van der Waals surface area contributed by atoms with E-state index in [-0.39, 0.29) is 24.4 Å². The maximum atomic E-state index is 13.0. The highest BCUT2D eigenvalue weighted by molar-refractivity contribution is 7.20. The number of thiophene rings is 1. The molecular formula is C18H20Cl2N4OS. The summed E-state index contributed by atoms with van der Waals surface area (Å²) in [5.41, 5.74) is 1.73. The minimum Gasteiger partial charge on any atom is -0.333 e. The second-order valence-electron chi connectivity index (χ2n) is 6.33. The summed E-state index contributed by atoms with van der Waals surface area (Å²) < 4.78 is 1.84. The predicted molar refractivity (Wildman–Crippen MR) is 109 cm³/mol. The molecule has 1 N–H and O–H groups in total. The molecule has 3 heterocycles. The molecule has 1 aliphatic heterocycles. The zero-order valence-corrected chi connectivity index (χ0v) is 16.9. The number of nitrogens with one attached hydrogen (secondary N) is 1. The van der Waals surface area contributed by atoms with Crippen molar-refractivity contribution in [1.29, 1.82) is 0 Å². The number of amides is 1. The lowest BCUT2D eigenvalue weighted by Gasteiger charge is -2.33. The molecule has 0 spiro atoms. The first-order chi connectivity index (χ1) is 12.1. The highest BCUT2D eigenvalue weighted by Crippen LogP contribution is 2.33. The molecule has 0 bridgehead atoms. The summed E-state index contributed by atoms with van der Waals surface area (Å²) in [7, 11) is 0. The van der Waals surface area contributed by atoms with Crippen LogP contribution < -0.4 is 5.32 Å². The standard InChI is InChI=1S/C18H19ClN4OS.ClH/c1-11-10-20-7-8-22(11)17(24)16-9-13-12(2)21-23(18(13)25-16)15-6-4-3-5-14(15)19;/h3-6,9,11,20H,7-8,10H2,1-2H3;1H/t11-;/m0./s1. The second-order valence-corrected chi connectivity index (χ2v) is 7.77. The molecule has 1 saturated heterocycles. The molecule has 138 valence electrons. The molecular weight excluding hydrogens is 391 g/mol. The van der Waals surface area contributed by atoms with Crippen molar-refractivity contribution < 1.29 is 4.79 Å². The molecule has 3 aromatic rings. The SMILES string of the molecule is Cc1nn(-c2ccccc2Cl)c2sc(C(=O)N3CCNC[C@@H]3C)cc12.Cl. The number of hydrogen-bond acceptors (Lipinski definition) is 4. The number of hydrogen-bond donors (Lipinski definition) is 1. The Morgan fingerprint density at radius 2 is 2.15 bits per heavy atom. The van der Waals surface area contributed by atoms with Gasteiger partial charge in [0.2, 0.25) is 0 Å². The minimum absolute atomic E-state index is 0. The van der Waals surface area contributed by atoms with E-state index in [1.807, 2.05) is 46.8 Å². The molecule has 26 heavy (non-hydrogen) atoms. The van der Waals surface area contributed by atoms with E-state index in [2.05, 4.69) is 17.3 Å². The van der Waals surface area contributed by atoms with Crippen LogP contribution in [0.4, 0.5) is 0 Å². The zero-order valence-electron chi connectivity index (χ0n) is 14.5. The Balaban J connectivity index is 0.00000196. The molecule has 1 fully saturated rings. The summed E-state index contributed by atoms with van der Waals surface area (Å²) in [6, 6.07) is 9.79. The number of halogens is 2. The summed E-state index contributed by atoms with van der Waals surface area (Å²) in [5, 5.41) is 9.59. The zero-order chi connectivity index (χ0) is 17.6. The van der Waals surface area contributed by atoms with Gasteiger partial charge in [0.1, 0.15) is 4.83 Å². The number of rotatable bonds is 2. The fourth-order valence-electron chi connectivity index (χ4n) is 3.22. The van der Waals surface area contributed by atoms with Gasteiger partial charge in [0.15, 0.2) is 0 Å². The minimum atomic E-state index is 0. The fraction of sp³-hybridized carbons (Fsp3) is 0.333. The average molecular weight is 411 g/mol. The van der Waals surface area contributed by atoms with E-state index in [4.69, 9.17) is 11.6 Å². The molecule has 1 amide bonds. The summed E-state index contributed by atoms with van der Waals surface area (Å²) in [6.45, 7) is 6.46. The topological polar surface area (TPSA) is 50.2 Å². The van der Waals surface area contributed by atoms with Crippen molar-refractivity contribution in [1.82, 2.24) is 20.0 Å². The molecule has 1 aromatic carbocycles. The van der Waals surface area contributed by atoms with Gasteiger partial charge in [-0.05, 0) is 32.0 Å². The van der Waals surface area contributed by atoms with Crippen LogP contribution in [0.5, 0.6) is 0 Å². The van der Waals surface area contributed by atoms with Gasteiger partial charge in [-0.2, -0.15) is 5.10 Å². The van der Waals surface area contributed by atoms with E-state index >= 15 is 0 Å². The lowest BCUT2D eigenvalue weighted by molar-refractivity contribution is 0.0661. The lowest BCUT2D eigenvalue weighted by atomic mass is 10.2. The van der Waals surface area contributed by atoms with Crippen LogP contribution in [-0.2, 0) is 0 Å². The molecule has 4 rings (SSSR count). The van der Waals surface area contributed by atoms with Crippen LogP contribution in [0.15, 0.2) is 30.3 Å². The van der Waals surface area contributed by atoms with Crippen molar-refractivity contribution in [2.45, 2.75) is 19.9 Å². The second kappa shape index (κ2) is 7.56. The van der Waals surface area contributed by atoms with Crippen molar-refractivity contribution >= 4 is 51.5 Å². The van der Waals surface area contributed by atoms with E-state index in [9.17, 15) is 4.79 Å². The lowest BCUT2D eigenvalue weighted by Crippen LogP contribution is -2.52. The number of piperazine rings is 1. The van der Waals surface area contributed by atoms with Crippen LogP contribution in [0.2, 0.25) is 5.02 Å². The first-order valence-electron chi connectivity index (χ1n) is 8.32. The number of carbonyl (C=O) groups is 1. The summed E-state index contributed by atoms with van der Waals surface area (Å²) in [4.78, 5) is 16.6. The summed E-state index contributed by atoms with van der Waals surface area (Å²) >= 11 is 7.82. The average Bonchev–Trinajstić information content (AvgIpc) is 3.16. The van der Waals surface area contributed by atoms with Crippen molar-refractivity contribution in [2.24, 2.45) is 0 Å². The maximum absolute atomic E-state index is 13.0. The van der Waals surface area contributed by atoms with Crippen LogP contribution in [0.1, 0.15) is 22.3 Å². The van der Waals surface area contributed by atoms with Crippen molar-refractivity contribution in [3.05, 3.63) is 45.9 Å². The first kappa shape index (κ1) is 19.2. The molecule has 8 heteroatoms. The number of aryl methyl sites for hydroxylation is 1. The quantitative estimate of drug-likeness (QED) is 0.696. The third-order valence-electron chi connectivity index (χ3n) is 4.60. The molecule has 1 atom stereocenters.